The highest BCUT2D eigenvalue weighted by atomic mass is 35.5. The van der Waals surface area contributed by atoms with Gasteiger partial charge in [0.2, 0.25) is 5.91 Å². The van der Waals surface area contributed by atoms with Gasteiger partial charge in [0.05, 0.1) is 0 Å². The van der Waals surface area contributed by atoms with E-state index in [0.717, 1.165) is 19.3 Å². The third kappa shape index (κ3) is 3.34. The molecule has 0 radical (unpaired) electrons. The Morgan fingerprint density at radius 3 is 2.19 bits per heavy atom. The van der Waals surface area contributed by atoms with Gasteiger partial charge in [0.15, 0.2) is 0 Å². The summed E-state index contributed by atoms with van der Waals surface area (Å²) in [5, 5.41) is 13.4. The molecule has 0 aliphatic heterocycles. The van der Waals surface area contributed by atoms with Gasteiger partial charge in [0.1, 0.15) is 6.04 Å². The molecule has 0 unspecified atom stereocenters. The van der Waals surface area contributed by atoms with Crippen molar-refractivity contribution < 1.29 is 14.7 Å². The smallest absolute Gasteiger partial charge is 0.326 e. The van der Waals surface area contributed by atoms with E-state index in [1.54, 1.807) is 18.2 Å². The average Bonchev–Trinajstić information content (AvgIpc) is 2.55. The number of hydrogen-bond acceptors (Lipinski definition) is 2. The van der Waals surface area contributed by atoms with Crippen molar-refractivity contribution in [2.45, 2.75) is 51.0 Å². The number of benzene rings is 1. The van der Waals surface area contributed by atoms with E-state index in [1.165, 1.54) is 19.3 Å². The zero-order valence-electron chi connectivity index (χ0n) is 14.5. The summed E-state index contributed by atoms with van der Waals surface area (Å²) in [5.74, 6) is 0.811. The summed E-state index contributed by atoms with van der Waals surface area (Å²) in [6.45, 7) is 0. The quantitative estimate of drug-likeness (QED) is 0.779. The van der Waals surface area contributed by atoms with E-state index in [2.05, 4.69) is 5.32 Å². The van der Waals surface area contributed by atoms with Crippen LogP contribution in [-0.4, -0.2) is 23.0 Å². The molecule has 4 aliphatic carbocycles. The Morgan fingerprint density at radius 2 is 1.69 bits per heavy atom. The SMILES string of the molecule is O=C(O)[C@@H](Cc1ccc(Cl)cc1Cl)NC(=O)C12CC3CC(CC(C3)C1)C2. The van der Waals surface area contributed by atoms with Crippen molar-refractivity contribution in [2.75, 3.05) is 0 Å². The van der Waals surface area contributed by atoms with Gasteiger partial charge in [-0.1, -0.05) is 29.3 Å². The molecule has 4 saturated carbocycles. The number of carbonyl (C=O) groups excluding carboxylic acids is 1. The van der Waals surface area contributed by atoms with Crippen LogP contribution in [0.3, 0.4) is 0 Å². The number of nitrogens with one attached hydrogen (secondary N) is 1. The normalized spacial score (nSPS) is 33.1. The van der Waals surface area contributed by atoms with Gasteiger partial charge < -0.3 is 10.4 Å². The molecular formula is C20H23Cl2NO3. The first-order valence-corrected chi connectivity index (χ1v) is 10.1. The second-order valence-corrected chi connectivity index (χ2v) is 9.35. The van der Waals surface area contributed by atoms with Gasteiger partial charge in [0.25, 0.3) is 0 Å². The zero-order chi connectivity index (χ0) is 18.5. The van der Waals surface area contributed by atoms with Crippen molar-refractivity contribution in [1.82, 2.24) is 5.32 Å². The van der Waals surface area contributed by atoms with E-state index in [0.29, 0.717) is 33.4 Å². The average molecular weight is 396 g/mol. The van der Waals surface area contributed by atoms with Gasteiger partial charge in [0, 0.05) is 21.9 Å². The number of carboxylic acid groups (broad SMARTS) is 1. The summed E-state index contributed by atoms with van der Waals surface area (Å²) in [6, 6.07) is 4.02. The monoisotopic (exact) mass is 395 g/mol. The highest BCUT2D eigenvalue weighted by Gasteiger charge is 2.54. The highest BCUT2D eigenvalue weighted by molar-refractivity contribution is 6.35. The van der Waals surface area contributed by atoms with E-state index < -0.39 is 12.0 Å². The summed E-state index contributed by atoms with van der Waals surface area (Å²) in [4.78, 5) is 24.9. The first-order valence-electron chi connectivity index (χ1n) is 9.32. The third-order valence-electron chi connectivity index (χ3n) is 6.56. The number of carboxylic acids is 1. The molecule has 0 spiro atoms. The molecule has 1 amide bonds. The van der Waals surface area contributed by atoms with Crippen molar-refractivity contribution in [2.24, 2.45) is 23.2 Å². The molecule has 4 bridgehead atoms. The van der Waals surface area contributed by atoms with Crippen molar-refractivity contribution in [3.8, 4) is 0 Å². The molecule has 4 aliphatic rings. The van der Waals surface area contributed by atoms with Gasteiger partial charge in [-0.3, -0.25) is 4.79 Å². The van der Waals surface area contributed by atoms with Gasteiger partial charge in [-0.25, -0.2) is 4.79 Å². The molecule has 1 atom stereocenters. The van der Waals surface area contributed by atoms with Crippen LogP contribution in [0.15, 0.2) is 18.2 Å². The molecule has 1 aromatic rings. The van der Waals surface area contributed by atoms with Crippen molar-refractivity contribution in [3.63, 3.8) is 0 Å². The first-order chi connectivity index (χ1) is 12.3. The van der Waals surface area contributed by atoms with E-state index in [-0.39, 0.29) is 17.7 Å². The van der Waals surface area contributed by atoms with Crippen LogP contribution < -0.4 is 5.32 Å². The maximum Gasteiger partial charge on any atom is 0.326 e. The van der Waals surface area contributed by atoms with Crippen molar-refractivity contribution in [1.29, 1.82) is 0 Å². The van der Waals surface area contributed by atoms with Crippen LogP contribution in [0.5, 0.6) is 0 Å². The lowest BCUT2D eigenvalue weighted by Crippen LogP contribution is -2.56. The molecular weight excluding hydrogens is 373 g/mol. The van der Waals surface area contributed by atoms with Crippen molar-refractivity contribution in [3.05, 3.63) is 33.8 Å². The Balaban J connectivity index is 1.50. The maximum atomic E-state index is 13.1. The minimum absolute atomic E-state index is 0.0749. The molecule has 0 heterocycles. The van der Waals surface area contributed by atoms with Crippen molar-refractivity contribution >= 4 is 35.1 Å². The van der Waals surface area contributed by atoms with Crippen LogP contribution in [0.2, 0.25) is 10.0 Å². The predicted molar refractivity (Wildman–Crippen MR) is 100 cm³/mol. The fraction of sp³-hybridized carbons (Fsp3) is 0.600. The lowest BCUT2D eigenvalue weighted by molar-refractivity contribution is -0.151. The minimum Gasteiger partial charge on any atom is -0.480 e. The summed E-state index contributed by atoms with van der Waals surface area (Å²) in [5.41, 5.74) is 0.320. The van der Waals surface area contributed by atoms with Crippen LogP contribution in [0.4, 0.5) is 0 Å². The molecule has 0 saturated heterocycles. The van der Waals surface area contributed by atoms with Gasteiger partial charge in [-0.15, -0.1) is 0 Å². The number of rotatable bonds is 5. The summed E-state index contributed by atoms with van der Waals surface area (Å²) in [7, 11) is 0. The fourth-order valence-corrected chi connectivity index (χ4v) is 6.29. The van der Waals surface area contributed by atoms with Gasteiger partial charge in [-0.2, -0.15) is 0 Å². The first kappa shape index (κ1) is 18.1. The van der Waals surface area contributed by atoms with E-state index in [1.807, 2.05) is 0 Å². The molecule has 6 heteroatoms. The predicted octanol–water partition coefficient (Wildman–Crippen LogP) is 4.32. The van der Waals surface area contributed by atoms with Gasteiger partial charge >= 0.3 is 5.97 Å². The highest BCUT2D eigenvalue weighted by Crippen LogP contribution is 2.60. The molecule has 2 N–H and O–H groups in total. The Bertz CT molecular complexity index is 713. The van der Waals surface area contributed by atoms with Crippen LogP contribution >= 0.6 is 23.2 Å². The molecule has 1 aromatic carbocycles. The number of halogens is 2. The number of hydrogen-bond donors (Lipinski definition) is 2. The summed E-state index contributed by atoms with van der Waals surface area (Å²) in [6.07, 6.45) is 6.64. The number of carbonyl (C=O) groups is 2. The standard InChI is InChI=1S/C20H23Cl2NO3/c21-15-2-1-14(16(22)7-15)6-17(18(24)25)23-19(26)20-8-11-3-12(9-20)5-13(4-11)10-20/h1-2,7,11-13,17H,3-6,8-10H2,(H,23,26)(H,24,25)/t11?,12?,13?,17-,20?/m1/s1. The molecule has 4 fully saturated rings. The van der Waals surface area contributed by atoms with Gasteiger partial charge in [-0.05, 0) is 74.0 Å². The summed E-state index contributed by atoms with van der Waals surface area (Å²) < 4.78 is 0. The van der Waals surface area contributed by atoms with Crippen LogP contribution in [0.1, 0.15) is 44.1 Å². The second kappa shape index (κ2) is 6.72. The molecule has 4 nitrogen and oxygen atoms in total. The van der Waals surface area contributed by atoms with E-state index in [9.17, 15) is 14.7 Å². The minimum atomic E-state index is -1.03. The molecule has 26 heavy (non-hydrogen) atoms. The fourth-order valence-electron chi connectivity index (χ4n) is 5.81. The largest absolute Gasteiger partial charge is 0.480 e. The Kier molecular flexibility index (Phi) is 4.68. The molecule has 0 aromatic heterocycles. The third-order valence-corrected chi connectivity index (χ3v) is 7.15. The van der Waals surface area contributed by atoms with Crippen LogP contribution in [0.25, 0.3) is 0 Å². The Hall–Kier alpha value is -1.26. The van der Waals surface area contributed by atoms with E-state index in [4.69, 9.17) is 23.2 Å². The Morgan fingerprint density at radius 1 is 1.12 bits per heavy atom. The molecule has 5 rings (SSSR count). The topological polar surface area (TPSA) is 66.4 Å². The zero-order valence-corrected chi connectivity index (χ0v) is 16.0. The maximum absolute atomic E-state index is 13.1. The Labute approximate surface area is 163 Å². The lowest BCUT2D eigenvalue weighted by Gasteiger charge is -2.55. The second-order valence-electron chi connectivity index (χ2n) is 8.50. The van der Waals surface area contributed by atoms with E-state index >= 15 is 0 Å². The lowest BCUT2D eigenvalue weighted by atomic mass is 9.49. The summed E-state index contributed by atoms with van der Waals surface area (Å²) >= 11 is 12.1. The van der Waals surface area contributed by atoms with Crippen LogP contribution in [-0.2, 0) is 16.0 Å². The number of amides is 1. The number of aliphatic carboxylic acids is 1. The van der Waals surface area contributed by atoms with Crippen LogP contribution in [0, 0.1) is 23.2 Å². The molecule has 140 valence electrons.